The highest BCUT2D eigenvalue weighted by atomic mass is 16.5. The smallest absolute Gasteiger partial charge is 0.266 e. The molecule has 2 aliphatic heterocycles. The molecular weight excluding hydrogens is 737 g/mol. The molecule has 5 aromatic carbocycles. The molecule has 0 saturated carbocycles. The Morgan fingerprint density at radius 3 is 1.71 bits per heavy atom. The third kappa shape index (κ3) is 6.92. The fraction of sp³-hybridized carbons (Fsp3) is 0.136. The fourth-order valence-corrected chi connectivity index (χ4v) is 7.33. The molecule has 0 atom stereocenters. The van der Waals surface area contributed by atoms with E-state index in [0.717, 1.165) is 34.6 Å². The van der Waals surface area contributed by atoms with Gasteiger partial charge in [-0.05, 0) is 126 Å². The number of allylic oxidation sites excluding steroid dienone is 4. The van der Waals surface area contributed by atoms with Crippen LogP contribution in [0.4, 0.5) is 5.69 Å². The minimum Gasteiger partial charge on any atom is -0.462 e. The number of hydrogen-bond donors (Lipinski definition) is 1. The highest BCUT2D eigenvalue weighted by Gasteiger charge is 2.37. The van der Waals surface area contributed by atoms with Crippen molar-refractivity contribution < 1.29 is 28.7 Å². The molecule has 0 bridgehead atoms. The zero-order valence-corrected chi connectivity index (χ0v) is 31.0. The quantitative estimate of drug-likeness (QED) is 0.0566. The number of ether oxygens (including phenoxy) is 2. The van der Waals surface area contributed by atoms with Gasteiger partial charge in [-0.3, -0.25) is 24.5 Å². The largest absolute Gasteiger partial charge is 0.462 e. The van der Waals surface area contributed by atoms with E-state index in [2.05, 4.69) is 32.3 Å². The van der Waals surface area contributed by atoms with Crippen LogP contribution < -0.4 is 19.7 Å². The molecule has 0 fully saturated rings. The van der Waals surface area contributed by atoms with Crippen molar-refractivity contribution in [3.05, 3.63) is 187 Å². The number of amides is 4. The molecule has 14 heteroatoms. The highest BCUT2D eigenvalue weighted by Crippen LogP contribution is 2.38. The molecule has 1 aliphatic carbocycles. The second kappa shape index (κ2) is 15.3. The number of carbonyl (C=O) groups is 4. The topological polar surface area (TPSA) is 200 Å². The number of rotatable bonds is 12. The van der Waals surface area contributed by atoms with Gasteiger partial charge in [-0.2, -0.15) is 0 Å². The highest BCUT2D eigenvalue weighted by molar-refractivity contribution is 6.34. The number of fused-ring (bicyclic) bond motifs is 2. The van der Waals surface area contributed by atoms with Crippen molar-refractivity contribution >= 4 is 29.3 Å². The van der Waals surface area contributed by atoms with Crippen LogP contribution in [0, 0.1) is 0 Å². The molecule has 8 rings (SSSR count). The summed E-state index contributed by atoms with van der Waals surface area (Å²) in [6.07, 6.45) is 5.75. The molecule has 284 valence electrons. The maximum atomic E-state index is 13.6. The van der Waals surface area contributed by atoms with E-state index >= 15 is 0 Å². The van der Waals surface area contributed by atoms with Gasteiger partial charge in [0.1, 0.15) is 23.0 Å². The van der Waals surface area contributed by atoms with Crippen LogP contribution in [-0.2, 0) is 5.41 Å². The van der Waals surface area contributed by atoms with Crippen molar-refractivity contribution in [3.8, 4) is 28.4 Å². The van der Waals surface area contributed by atoms with Crippen LogP contribution in [-0.4, -0.2) is 36.7 Å². The summed E-state index contributed by atoms with van der Waals surface area (Å²) in [6, 6.07) is 30.8. The van der Waals surface area contributed by atoms with E-state index in [1.165, 1.54) is 5.57 Å². The van der Waals surface area contributed by atoms with Gasteiger partial charge in [0.15, 0.2) is 0 Å². The lowest BCUT2D eigenvalue weighted by atomic mass is 9.74. The Bertz CT molecular complexity index is 2670. The maximum absolute atomic E-state index is 13.6. The van der Waals surface area contributed by atoms with E-state index in [0.29, 0.717) is 34.1 Å². The predicted molar refractivity (Wildman–Crippen MR) is 215 cm³/mol. The van der Waals surface area contributed by atoms with E-state index in [4.69, 9.17) is 9.47 Å². The molecule has 2 heterocycles. The number of hydrogen-bond acceptors (Lipinski definition) is 8. The zero-order chi connectivity index (χ0) is 40.4. The number of nitrogens with zero attached hydrogens (tertiary/aromatic N) is 7. The normalized spacial score (nSPS) is 15.2. The number of anilines is 1. The number of benzene rings is 5. The summed E-state index contributed by atoms with van der Waals surface area (Å²) in [7, 11) is 0. The van der Waals surface area contributed by atoms with Crippen molar-refractivity contribution in [3.63, 3.8) is 0 Å². The Hall–Kier alpha value is -7.92. The summed E-state index contributed by atoms with van der Waals surface area (Å²) < 4.78 is 12.2. The summed E-state index contributed by atoms with van der Waals surface area (Å²) in [5.41, 5.74) is 23.0. The summed E-state index contributed by atoms with van der Waals surface area (Å²) in [6.45, 7) is 2.04. The molecular formula is C44H32N8O6. The number of nitrogens with one attached hydrogen (secondary N) is 1. The standard InChI is InChI=1S/C44H32N8O6/c1-26-2-12-32(13-3-26)57-33-14-6-29(7-15-33)44(24-47-50-45,25-48-51-46)30-8-16-34(17-9-30)58-35-18-10-31(11-19-35)52-42(55)37-21-5-28(23-39(37)43(52)56)27-4-20-36-38(22-27)41(54)49-40(36)53/h2,4-12,14-23H,3,13,24-25H2,1H3,(H,49,53,54). The molecule has 4 amide bonds. The first-order valence-electron chi connectivity index (χ1n) is 18.3. The van der Waals surface area contributed by atoms with E-state index in [1.54, 1.807) is 72.8 Å². The van der Waals surface area contributed by atoms with E-state index < -0.39 is 29.0 Å². The Labute approximate surface area is 331 Å². The molecule has 0 aromatic heterocycles. The Morgan fingerprint density at radius 2 is 1.14 bits per heavy atom. The molecule has 0 spiro atoms. The first-order valence-corrected chi connectivity index (χ1v) is 18.3. The van der Waals surface area contributed by atoms with Gasteiger partial charge < -0.3 is 9.47 Å². The first kappa shape index (κ1) is 37.0. The Morgan fingerprint density at radius 1 is 0.621 bits per heavy atom. The molecule has 0 saturated heterocycles. The van der Waals surface area contributed by atoms with Crippen molar-refractivity contribution in [2.24, 2.45) is 10.2 Å². The first-order chi connectivity index (χ1) is 28.2. The summed E-state index contributed by atoms with van der Waals surface area (Å²) in [5.74, 6) is 0.521. The SMILES string of the molecule is CC1=CC=C(Oc2ccc(C(CN=[N+]=[N-])(CN=[N+]=[N-])c3ccc(Oc4ccc(N5C(=O)c6ccc(-c7ccc8c(c7)C(=O)NC8=O)cc6C5=O)cc4)cc3)cc2)CC1. The number of carbonyl (C=O) groups excluding carboxylic acids is 4. The number of azide groups is 2. The van der Waals surface area contributed by atoms with Crippen molar-refractivity contribution in [1.29, 1.82) is 0 Å². The van der Waals surface area contributed by atoms with Crippen molar-refractivity contribution in [2.75, 3.05) is 18.0 Å². The lowest BCUT2D eigenvalue weighted by molar-refractivity contribution is 0.0874. The zero-order valence-electron chi connectivity index (χ0n) is 31.0. The van der Waals surface area contributed by atoms with Gasteiger partial charge in [0, 0.05) is 34.7 Å². The molecule has 0 radical (unpaired) electrons. The minimum absolute atomic E-state index is 0.0202. The lowest BCUT2D eigenvalue weighted by Crippen LogP contribution is -2.34. The van der Waals surface area contributed by atoms with Gasteiger partial charge in [0.25, 0.3) is 23.6 Å². The second-order valence-electron chi connectivity index (χ2n) is 14.0. The van der Waals surface area contributed by atoms with Crippen molar-refractivity contribution in [1.82, 2.24) is 5.32 Å². The second-order valence-corrected chi connectivity index (χ2v) is 14.0. The minimum atomic E-state index is -0.994. The van der Waals surface area contributed by atoms with Gasteiger partial charge in [-0.15, -0.1) is 0 Å². The van der Waals surface area contributed by atoms with Crippen LogP contribution in [0.5, 0.6) is 17.2 Å². The van der Waals surface area contributed by atoms with Crippen LogP contribution in [0.3, 0.4) is 0 Å². The molecule has 14 nitrogen and oxygen atoms in total. The van der Waals surface area contributed by atoms with Gasteiger partial charge in [-0.25, -0.2) is 4.90 Å². The Balaban J connectivity index is 0.991. The van der Waals surface area contributed by atoms with Crippen LogP contribution >= 0.6 is 0 Å². The number of imide groups is 2. The van der Waals surface area contributed by atoms with Gasteiger partial charge in [0.05, 0.1) is 27.9 Å². The summed E-state index contributed by atoms with van der Waals surface area (Å²) >= 11 is 0. The van der Waals surface area contributed by atoms with E-state index in [-0.39, 0.29) is 35.3 Å². The third-order valence-electron chi connectivity index (χ3n) is 10.5. The average molecular weight is 769 g/mol. The molecule has 58 heavy (non-hydrogen) atoms. The fourth-order valence-electron chi connectivity index (χ4n) is 7.33. The molecule has 0 unspecified atom stereocenters. The van der Waals surface area contributed by atoms with Crippen LogP contribution in [0.15, 0.2) is 143 Å². The van der Waals surface area contributed by atoms with Crippen molar-refractivity contribution in [2.45, 2.75) is 25.2 Å². The van der Waals surface area contributed by atoms with E-state index in [1.807, 2.05) is 48.6 Å². The van der Waals surface area contributed by atoms with Crippen LogP contribution in [0.2, 0.25) is 0 Å². The monoisotopic (exact) mass is 768 g/mol. The van der Waals surface area contributed by atoms with Crippen LogP contribution in [0.25, 0.3) is 32.0 Å². The predicted octanol–water partition coefficient (Wildman–Crippen LogP) is 9.74. The third-order valence-corrected chi connectivity index (χ3v) is 10.5. The molecule has 3 aliphatic rings. The van der Waals surface area contributed by atoms with Gasteiger partial charge in [0.2, 0.25) is 0 Å². The van der Waals surface area contributed by atoms with E-state index in [9.17, 15) is 30.2 Å². The summed E-state index contributed by atoms with van der Waals surface area (Å²) in [5, 5.41) is 10.1. The lowest BCUT2D eigenvalue weighted by Gasteiger charge is -2.32. The average Bonchev–Trinajstić information content (AvgIpc) is 3.68. The summed E-state index contributed by atoms with van der Waals surface area (Å²) in [4.78, 5) is 58.3. The molecule has 5 aromatic rings. The van der Waals surface area contributed by atoms with Crippen LogP contribution in [0.1, 0.15) is 72.3 Å². The molecule has 1 N–H and O–H groups in total. The maximum Gasteiger partial charge on any atom is 0.266 e. The Kier molecular flexibility index (Phi) is 9.77. The van der Waals surface area contributed by atoms with Gasteiger partial charge in [-0.1, -0.05) is 58.3 Å². The van der Waals surface area contributed by atoms with Gasteiger partial charge >= 0.3 is 0 Å².